The zero-order valence-corrected chi connectivity index (χ0v) is 23.9. The molecule has 32 heavy (non-hydrogen) atoms. The maximum absolute atomic E-state index is 11.2. The maximum Gasteiger partial charge on any atom is 0.317 e. The largest absolute Gasteiger partial charge is 0.505 e. The van der Waals surface area contributed by atoms with Crippen LogP contribution in [0.15, 0.2) is 36.4 Å². The smallest absolute Gasteiger partial charge is 0.317 e. The van der Waals surface area contributed by atoms with Gasteiger partial charge in [-0.3, -0.25) is 0 Å². The molecule has 1 atom stereocenters. The lowest BCUT2D eigenvalue weighted by atomic mass is 10.0. The van der Waals surface area contributed by atoms with Crippen molar-refractivity contribution in [2.45, 2.75) is 71.6 Å². The minimum atomic E-state index is -2.50. The Bertz CT molecular complexity index is 1050. The van der Waals surface area contributed by atoms with Crippen LogP contribution in [0, 0.1) is 6.92 Å². The molecular formula is C23H37N3O3Si3. The molecule has 1 unspecified atom stereocenters. The molecule has 1 heterocycles. The van der Waals surface area contributed by atoms with Crippen LogP contribution in [0.3, 0.4) is 0 Å². The Morgan fingerprint density at radius 3 is 1.88 bits per heavy atom. The van der Waals surface area contributed by atoms with E-state index in [9.17, 15) is 5.11 Å². The van der Waals surface area contributed by atoms with Crippen LogP contribution in [0.5, 0.6) is 5.75 Å². The number of phenols is 1. The molecule has 0 aliphatic carbocycles. The van der Waals surface area contributed by atoms with E-state index in [0.717, 1.165) is 22.2 Å². The molecule has 0 saturated heterocycles. The molecule has 0 aliphatic heterocycles. The van der Waals surface area contributed by atoms with Gasteiger partial charge in [0.05, 0.1) is 0 Å². The van der Waals surface area contributed by atoms with E-state index in [1.807, 2.05) is 37.3 Å². The van der Waals surface area contributed by atoms with Gasteiger partial charge in [0.2, 0.25) is 0 Å². The number of nitrogens with zero attached hydrogens (tertiary/aromatic N) is 3. The number of rotatable bonds is 8. The van der Waals surface area contributed by atoms with Crippen LogP contribution in [0.4, 0.5) is 0 Å². The van der Waals surface area contributed by atoms with E-state index in [0.29, 0.717) is 12.1 Å². The van der Waals surface area contributed by atoms with E-state index in [4.69, 9.17) is 8.23 Å². The van der Waals surface area contributed by atoms with E-state index < -0.39 is 25.2 Å². The van der Waals surface area contributed by atoms with Crippen molar-refractivity contribution in [1.29, 1.82) is 0 Å². The van der Waals surface area contributed by atoms with Crippen LogP contribution < -0.4 is 0 Å². The summed E-state index contributed by atoms with van der Waals surface area (Å²) in [5.41, 5.74) is 4.31. The zero-order chi connectivity index (χ0) is 23.9. The first kappa shape index (κ1) is 24.8. The number of aryl methyl sites for hydroxylation is 1. The molecule has 1 aromatic heterocycles. The van der Waals surface area contributed by atoms with Crippen LogP contribution in [0.25, 0.3) is 16.7 Å². The van der Waals surface area contributed by atoms with Gasteiger partial charge in [0.25, 0.3) is 0 Å². The minimum Gasteiger partial charge on any atom is -0.505 e. The fourth-order valence-corrected chi connectivity index (χ4v) is 16.5. The fourth-order valence-electron chi connectivity index (χ4n) is 4.06. The Balaban J connectivity index is 1.98. The highest BCUT2D eigenvalue weighted by Gasteiger charge is 2.45. The third-order valence-electron chi connectivity index (χ3n) is 5.25. The zero-order valence-electron chi connectivity index (χ0n) is 20.9. The van der Waals surface area contributed by atoms with Gasteiger partial charge in [0.15, 0.2) is 16.6 Å². The molecule has 0 amide bonds. The Kier molecular flexibility index (Phi) is 6.88. The molecule has 174 valence electrons. The maximum atomic E-state index is 11.2. The van der Waals surface area contributed by atoms with Crippen LogP contribution in [-0.2, 0) is 14.7 Å². The van der Waals surface area contributed by atoms with Crippen molar-refractivity contribution >= 4 is 36.2 Å². The molecule has 9 heteroatoms. The number of hydrogen-bond donors (Lipinski definition) is 1. The normalized spacial score (nSPS) is 14.2. The van der Waals surface area contributed by atoms with E-state index in [1.165, 1.54) is 4.80 Å². The third kappa shape index (κ3) is 5.96. The SMILES string of the molecule is Cc1cc(CC(C)[Si](C)(O[Si](C)(C)C)O[Si](C)(C)C)c(O)c(-n2nc3ccccc3n2)c1. The number of hydrogen-bond acceptors (Lipinski definition) is 5. The average Bonchev–Trinajstić information content (AvgIpc) is 3.05. The lowest BCUT2D eigenvalue weighted by Gasteiger charge is -2.42. The first-order valence-corrected chi connectivity index (χ1v) is 20.4. The van der Waals surface area contributed by atoms with Crippen molar-refractivity contribution in [2.75, 3.05) is 0 Å². The van der Waals surface area contributed by atoms with Crippen molar-refractivity contribution in [3.8, 4) is 11.4 Å². The van der Waals surface area contributed by atoms with Crippen molar-refractivity contribution in [3.63, 3.8) is 0 Å². The topological polar surface area (TPSA) is 69.4 Å². The molecular weight excluding hydrogens is 451 g/mol. The van der Waals surface area contributed by atoms with E-state index in [2.05, 4.69) is 69.0 Å². The summed E-state index contributed by atoms with van der Waals surface area (Å²) in [6.45, 7) is 19.7. The van der Waals surface area contributed by atoms with Crippen LogP contribution in [-0.4, -0.2) is 45.3 Å². The Morgan fingerprint density at radius 1 is 0.906 bits per heavy atom. The molecule has 0 aliphatic rings. The second-order valence-electron chi connectivity index (χ2n) is 10.8. The third-order valence-corrected chi connectivity index (χ3v) is 15.4. The second-order valence-corrected chi connectivity index (χ2v) is 23.9. The highest BCUT2D eigenvalue weighted by molar-refractivity contribution is 6.88. The Morgan fingerprint density at radius 2 is 1.41 bits per heavy atom. The summed E-state index contributed by atoms with van der Waals surface area (Å²) in [6, 6.07) is 11.7. The molecule has 0 radical (unpaired) electrons. The summed E-state index contributed by atoms with van der Waals surface area (Å²) in [6.07, 6.45) is 0.680. The molecule has 0 fully saturated rings. The number of fused-ring (bicyclic) bond motifs is 1. The average molecular weight is 488 g/mol. The monoisotopic (exact) mass is 487 g/mol. The van der Waals surface area contributed by atoms with Gasteiger partial charge in [-0.2, -0.15) is 0 Å². The Hall–Kier alpha value is -1.79. The molecule has 1 N–H and O–H groups in total. The number of benzene rings is 2. The molecule has 3 aromatic rings. The standard InChI is InChI=1S/C23H37N3O3Si3/c1-17-14-19(16-18(2)32(9,28-30(3,4)5)29-31(6,7)8)23(27)22(15-17)26-24-20-12-10-11-13-21(20)25-26/h10-15,18,27H,16H2,1-9H3. The predicted molar refractivity (Wildman–Crippen MR) is 139 cm³/mol. The summed E-state index contributed by atoms with van der Waals surface area (Å²) < 4.78 is 13.5. The molecule has 0 saturated carbocycles. The Labute approximate surface area is 195 Å². The molecule has 3 rings (SSSR count). The molecule has 0 spiro atoms. The van der Waals surface area contributed by atoms with E-state index >= 15 is 0 Å². The summed E-state index contributed by atoms with van der Waals surface area (Å²) in [5.74, 6) is 0.222. The van der Waals surface area contributed by atoms with Gasteiger partial charge in [0.1, 0.15) is 22.5 Å². The second kappa shape index (κ2) is 8.86. The van der Waals surface area contributed by atoms with Crippen LogP contribution in [0.1, 0.15) is 18.1 Å². The molecule has 0 bridgehead atoms. The molecule has 6 nitrogen and oxygen atoms in total. The van der Waals surface area contributed by atoms with E-state index in [-0.39, 0.29) is 11.3 Å². The highest BCUT2D eigenvalue weighted by Crippen LogP contribution is 2.37. The highest BCUT2D eigenvalue weighted by atomic mass is 28.5. The number of aromatic nitrogens is 3. The summed E-state index contributed by atoms with van der Waals surface area (Å²) in [4.78, 5) is 1.54. The summed E-state index contributed by atoms with van der Waals surface area (Å²) >= 11 is 0. The predicted octanol–water partition coefficient (Wildman–Crippen LogP) is 6.14. The fraction of sp³-hybridized carbons (Fsp3) is 0.478. The van der Waals surface area contributed by atoms with Crippen molar-refractivity contribution < 1.29 is 13.3 Å². The molecule has 2 aromatic carbocycles. The number of aromatic hydroxyl groups is 1. The van der Waals surface area contributed by atoms with Gasteiger partial charge in [-0.05, 0) is 88.5 Å². The van der Waals surface area contributed by atoms with Crippen molar-refractivity contribution in [2.24, 2.45) is 0 Å². The van der Waals surface area contributed by atoms with Gasteiger partial charge in [-0.1, -0.05) is 25.1 Å². The summed E-state index contributed by atoms with van der Waals surface area (Å²) in [7, 11) is -6.11. The van der Waals surface area contributed by atoms with Crippen LogP contribution >= 0.6 is 0 Å². The van der Waals surface area contributed by atoms with Gasteiger partial charge in [0, 0.05) is 5.54 Å². The van der Waals surface area contributed by atoms with Crippen molar-refractivity contribution in [3.05, 3.63) is 47.5 Å². The van der Waals surface area contributed by atoms with Gasteiger partial charge in [-0.25, -0.2) is 0 Å². The van der Waals surface area contributed by atoms with Gasteiger partial charge < -0.3 is 13.3 Å². The number of phenolic OH excluding ortho intramolecular Hbond substituents is 1. The van der Waals surface area contributed by atoms with Gasteiger partial charge in [-0.15, -0.1) is 15.0 Å². The van der Waals surface area contributed by atoms with E-state index in [1.54, 1.807) is 0 Å². The minimum absolute atomic E-state index is 0.172. The van der Waals surface area contributed by atoms with Crippen molar-refractivity contribution in [1.82, 2.24) is 15.0 Å². The summed E-state index contributed by atoms with van der Waals surface area (Å²) in [5, 5.41) is 20.4. The first-order chi connectivity index (χ1) is 14.7. The van der Waals surface area contributed by atoms with Gasteiger partial charge >= 0.3 is 8.56 Å². The first-order valence-electron chi connectivity index (χ1n) is 11.2. The lowest BCUT2D eigenvalue weighted by molar-refractivity contribution is 0.364. The van der Waals surface area contributed by atoms with Crippen LogP contribution in [0.2, 0.25) is 51.4 Å². The lowest BCUT2D eigenvalue weighted by Crippen LogP contribution is -2.55. The quantitative estimate of drug-likeness (QED) is 0.386.